The lowest BCUT2D eigenvalue weighted by molar-refractivity contribution is 0.0519. The number of phenols is 1. The summed E-state index contributed by atoms with van der Waals surface area (Å²) in [5, 5.41) is 16.7. The molecule has 1 atom stereocenters. The first-order valence-electron chi connectivity index (χ1n) is 7.86. The minimum Gasteiger partial charge on any atom is -0.506 e. The first-order chi connectivity index (χ1) is 11.0. The molecule has 3 N–H and O–H groups in total. The van der Waals surface area contributed by atoms with Crippen molar-refractivity contribution in [2.75, 3.05) is 6.54 Å². The maximum absolute atomic E-state index is 11.8. The van der Waals surface area contributed by atoms with Gasteiger partial charge in [0.2, 0.25) is 0 Å². The zero-order valence-electron chi connectivity index (χ0n) is 14.7. The van der Waals surface area contributed by atoms with Gasteiger partial charge in [-0.2, -0.15) is 0 Å². The Morgan fingerprint density at radius 1 is 1.29 bits per heavy atom. The Balaban J connectivity index is 2.63. The van der Waals surface area contributed by atoms with E-state index in [4.69, 9.17) is 27.9 Å². The van der Waals surface area contributed by atoms with Crippen molar-refractivity contribution in [3.8, 4) is 5.75 Å². The summed E-state index contributed by atoms with van der Waals surface area (Å²) in [6.07, 6.45) is -0.455. The molecule has 1 aromatic rings. The van der Waals surface area contributed by atoms with E-state index in [2.05, 4.69) is 10.6 Å². The molecule has 24 heavy (non-hydrogen) atoms. The van der Waals surface area contributed by atoms with Gasteiger partial charge in [0.05, 0.1) is 5.02 Å². The third-order valence-corrected chi connectivity index (χ3v) is 3.84. The highest BCUT2D eigenvalue weighted by atomic mass is 35.5. The van der Waals surface area contributed by atoms with E-state index in [0.29, 0.717) is 23.7 Å². The van der Waals surface area contributed by atoms with Crippen LogP contribution in [0.2, 0.25) is 10.0 Å². The smallest absolute Gasteiger partial charge is 0.407 e. The Labute approximate surface area is 153 Å². The van der Waals surface area contributed by atoms with E-state index in [1.807, 2.05) is 34.6 Å². The van der Waals surface area contributed by atoms with E-state index in [9.17, 15) is 9.90 Å². The molecule has 136 valence electrons. The number of amides is 1. The van der Waals surface area contributed by atoms with E-state index in [0.717, 1.165) is 0 Å². The van der Waals surface area contributed by atoms with Gasteiger partial charge in [-0.1, -0.05) is 37.0 Å². The number of carbonyl (C=O) groups is 1. The van der Waals surface area contributed by atoms with Crippen LogP contribution in [0, 0.1) is 5.92 Å². The number of rotatable bonds is 6. The van der Waals surface area contributed by atoms with Crippen LogP contribution in [0.4, 0.5) is 4.79 Å². The molecular formula is C17H26Cl2N2O3. The first-order valence-corrected chi connectivity index (χ1v) is 8.62. The summed E-state index contributed by atoms with van der Waals surface area (Å²) in [5.41, 5.74) is 0.0733. The van der Waals surface area contributed by atoms with Crippen LogP contribution in [0.25, 0.3) is 0 Å². The molecule has 0 spiro atoms. The van der Waals surface area contributed by atoms with Crippen LogP contribution >= 0.6 is 23.2 Å². The third-order valence-electron chi connectivity index (χ3n) is 3.33. The number of alkyl carbamates (subject to hydrolysis) is 1. The Hall–Kier alpha value is -1.17. The van der Waals surface area contributed by atoms with E-state index >= 15 is 0 Å². The molecule has 0 aliphatic rings. The molecule has 7 heteroatoms. The highest BCUT2D eigenvalue weighted by molar-refractivity contribution is 6.35. The molecule has 0 fully saturated rings. The van der Waals surface area contributed by atoms with Gasteiger partial charge < -0.3 is 20.5 Å². The van der Waals surface area contributed by atoms with Crippen molar-refractivity contribution in [1.29, 1.82) is 0 Å². The van der Waals surface area contributed by atoms with Crippen molar-refractivity contribution in [1.82, 2.24) is 10.6 Å². The second-order valence-corrected chi connectivity index (χ2v) is 7.85. The number of carbonyl (C=O) groups excluding carboxylic acids is 1. The number of ether oxygens (including phenoxy) is 1. The number of halogens is 2. The Morgan fingerprint density at radius 3 is 2.46 bits per heavy atom. The molecule has 0 aliphatic carbocycles. The van der Waals surface area contributed by atoms with Crippen molar-refractivity contribution in [2.45, 2.75) is 52.8 Å². The molecule has 0 aromatic heterocycles. The maximum atomic E-state index is 11.8. The van der Waals surface area contributed by atoms with Gasteiger partial charge in [0.15, 0.2) is 0 Å². The quantitative estimate of drug-likeness (QED) is 0.690. The van der Waals surface area contributed by atoms with E-state index in [1.54, 1.807) is 6.07 Å². The van der Waals surface area contributed by atoms with Gasteiger partial charge in [0.25, 0.3) is 0 Å². The summed E-state index contributed by atoms with van der Waals surface area (Å²) in [6, 6.07) is 3.15. The van der Waals surface area contributed by atoms with Crippen LogP contribution in [0.15, 0.2) is 12.1 Å². The molecular weight excluding hydrogens is 351 g/mol. The molecule has 0 heterocycles. The molecule has 1 aromatic carbocycles. The third kappa shape index (κ3) is 7.16. The van der Waals surface area contributed by atoms with Crippen molar-refractivity contribution in [3.63, 3.8) is 0 Å². The highest BCUT2D eigenvalue weighted by Crippen LogP contribution is 2.31. The number of aromatic hydroxyl groups is 1. The van der Waals surface area contributed by atoms with Crippen molar-refractivity contribution in [2.24, 2.45) is 5.92 Å². The fraction of sp³-hybridized carbons (Fsp3) is 0.588. The van der Waals surface area contributed by atoms with E-state index in [1.165, 1.54) is 6.07 Å². The summed E-state index contributed by atoms with van der Waals surface area (Å²) in [4.78, 5) is 11.8. The fourth-order valence-electron chi connectivity index (χ4n) is 2.05. The van der Waals surface area contributed by atoms with Gasteiger partial charge in [0.1, 0.15) is 11.4 Å². The zero-order valence-corrected chi connectivity index (χ0v) is 16.3. The van der Waals surface area contributed by atoms with Crippen molar-refractivity contribution < 1.29 is 14.6 Å². The molecule has 0 aliphatic heterocycles. The number of hydrogen-bond acceptors (Lipinski definition) is 4. The van der Waals surface area contributed by atoms with Gasteiger partial charge in [-0.25, -0.2) is 4.79 Å². The standard InChI is InChI=1S/C17H26Cl2N2O3/c1-10(2)14(9-21-16(23)24-17(3,4)5)20-8-11-6-12(18)7-13(19)15(11)22/h6-7,10,14,20,22H,8-9H2,1-5H3,(H,21,23). The van der Waals surface area contributed by atoms with E-state index in [-0.39, 0.29) is 22.7 Å². The van der Waals surface area contributed by atoms with Gasteiger partial charge in [0, 0.05) is 29.7 Å². The van der Waals surface area contributed by atoms with Gasteiger partial charge in [-0.3, -0.25) is 0 Å². The lowest BCUT2D eigenvalue weighted by Gasteiger charge is -2.25. The van der Waals surface area contributed by atoms with Gasteiger partial charge in [-0.15, -0.1) is 0 Å². The Bertz CT molecular complexity index is 572. The maximum Gasteiger partial charge on any atom is 0.407 e. The van der Waals surface area contributed by atoms with Crippen molar-refractivity contribution >= 4 is 29.3 Å². The number of hydrogen-bond donors (Lipinski definition) is 3. The number of benzene rings is 1. The minimum atomic E-state index is -0.534. The monoisotopic (exact) mass is 376 g/mol. The lowest BCUT2D eigenvalue weighted by Crippen LogP contribution is -2.45. The largest absolute Gasteiger partial charge is 0.506 e. The number of phenolic OH excluding ortho intramolecular Hbond substituents is 1. The van der Waals surface area contributed by atoms with Gasteiger partial charge >= 0.3 is 6.09 Å². The predicted octanol–water partition coefficient (Wildman–Crippen LogP) is 4.34. The van der Waals surface area contributed by atoms with Crippen LogP contribution < -0.4 is 10.6 Å². The summed E-state index contributed by atoms with van der Waals surface area (Å²) >= 11 is 11.9. The Morgan fingerprint density at radius 2 is 1.92 bits per heavy atom. The lowest BCUT2D eigenvalue weighted by atomic mass is 10.0. The second kappa shape index (κ2) is 8.79. The molecule has 0 saturated carbocycles. The molecule has 1 rings (SSSR count). The summed E-state index contributed by atoms with van der Waals surface area (Å²) in [5.74, 6) is 0.271. The van der Waals surface area contributed by atoms with Crippen LogP contribution in [0.3, 0.4) is 0 Å². The Kier molecular flexibility index (Phi) is 7.64. The number of nitrogens with one attached hydrogen (secondary N) is 2. The fourth-order valence-corrected chi connectivity index (χ4v) is 2.58. The molecule has 5 nitrogen and oxygen atoms in total. The van der Waals surface area contributed by atoms with Gasteiger partial charge in [-0.05, 0) is 38.8 Å². The first kappa shape index (κ1) is 20.9. The zero-order chi connectivity index (χ0) is 18.5. The summed E-state index contributed by atoms with van der Waals surface area (Å²) < 4.78 is 5.23. The minimum absolute atomic E-state index is 0.00493. The SMILES string of the molecule is CC(C)C(CNC(=O)OC(C)(C)C)NCc1cc(Cl)cc(Cl)c1O. The molecule has 1 unspecified atom stereocenters. The highest BCUT2D eigenvalue weighted by Gasteiger charge is 2.19. The van der Waals surface area contributed by atoms with Crippen LogP contribution in [-0.4, -0.2) is 29.4 Å². The van der Waals surface area contributed by atoms with E-state index < -0.39 is 11.7 Å². The second-order valence-electron chi connectivity index (χ2n) is 7.01. The van der Waals surface area contributed by atoms with Crippen LogP contribution in [-0.2, 0) is 11.3 Å². The van der Waals surface area contributed by atoms with Crippen LogP contribution in [0.1, 0.15) is 40.2 Å². The predicted molar refractivity (Wildman–Crippen MR) is 97.8 cm³/mol. The molecule has 0 bridgehead atoms. The van der Waals surface area contributed by atoms with Crippen molar-refractivity contribution in [3.05, 3.63) is 27.7 Å². The molecule has 0 saturated heterocycles. The summed E-state index contributed by atoms with van der Waals surface area (Å²) in [7, 11) is 0. The normalized spacial score (nSPS) is 13.0. The average Bonchev–Trinajstić information content (AvgIpc) is 2.41. The molecule has 0 radical (unpaired) electrons. The van der Waals surface area contributed by atoms with Crippen LogP contribution in [0.5, 0.6) is 5.75 Å². The molecule has 1 amide bonds. The summed E-state index contributed by atoms with van der Waals surface area (Å²) in [6.45, 7) is 10.3. The average molecular weight is 377 g/mol. The topological polar surface area (TPSA) is 70.6 Å².